The smallest absolute Gasteiger partial charge is 0.220 e. The molecular formula is C16H32N2O. The average Bonchev–Trinajstić information content (AvgIpc) is 2.38. The van der Waals surface area contributed by atoms with E-state index in [1.807, 2.05) is 0 Å². The van der Waals surface area contributed by atoms with Crippen molar-refractivity contribution in [3.8, 4) is 0 Å². The van der Waals surface area contributed by atoms with Crippen LogP contribution in [0.2, 0.25) is 0 Å². The van der Waals surface area contributed by atoms with Gasteiger partial charge in [-0.1, -0.05) is 33.1 Å². The Morgan fingerprint density at radius 2 is 1.84 bits per heavy atom. The molecule has 1 amide bonds. The highest BCUT2D eigenvalue weighted by molar-refractivity contribution is 5.76. The Morgan fingerprint density at radius 1 is 1.21 bits per heavy atom. The van der Waals surface area contributed by atoms with E-state index in [4.69, 9.17) is 5.73 Å². The molecule has 0 aromatic heterocycles. The Morgan fingerprint density at radius 3 is 2.37 bits per heavy atom. The molecule has 112 valence electrons. The van der Waals surface area contributed by atoms with Crippen LogP contribution in [-0.4, -0.2) is 18.5 Å². The van der Waals surface area contributed by atoms with Gasteiger partial charge in [0.1, 0.15) is 0 Å². The van der Waals surface area contributed by atoms with E-state index in [1.54, 1.807) is 0 Å². The standard InChI is InChI=1S/C16H32N2O/c1-12(2)9-14(11-17)10-16(19)18-13(3)15-7-5-4-6-8-15/h12-15H,4-11,17H2,1-3H3,(H,18,19). The molecule has 0 saturated heterocycles. The van der Waals surface area contributed by atoms with Gasteiger partial charge in [-0.15, -0.1) is 0 Å². The Hall–Kier alpha value is -0.570. The molecule has 1 saturated carbocycles. The van der Waals surface area contributed by atoms with Crippen LogP contribution >= 0.6 is 0 Å². The predicted molar refractivity (Wildman–Crippen MR) is 80.8 cm³/mol. The molecule has 0 aliphatic heterocycles. The Kier molecular flexibility index (Phi) is 7.44. The third-order valence-electron chi connectivity index (χ3n) is 4.36. The first-order valence-electron chi connectivity index (χ1n) is 8.02. The summed E-state index contributed by atoms with van der Waals surface area (Å²) in [6, 6.07) is 0.324. The number of nitrogens with one attached hydrogen (secondary N) is 1. The second kappa shape index (κ2) is 8.57. The minimum Gasteiger partial charge on any atom is -0.353 e. The Bertz CT molecular complexity index is 259. The number of rotatable bonds is 7. The number of carbonyl (C=O) groups excluding carboxylic acids is 1. The number of carbonyl (C=O) groups is 1. The lowest BCUT2D eigenvalue weighted by atomic mass is 9.84. The summed E-state index contributed by atoms with van der Waals surface area (Å²) in [5, 5.41) is 3.19. The maximum atomic E-state index is 12.1. The van der Waals surface area contributed by atoms with Crippen molar-refractivity contribution < 1.29 is 4.79 Å². The third-order valence-corrected chi connectivity index (χ3v) is 4.36. The summed E-state index contributed by atoms with van der Waals surface area (Å²) in [6.45, 7) is 7.15. The molecule has 2 atom stereocenters. The topological polar surface area (TPSA) is 55.1 Å². The van der Waals surface area contributed by atoms with E-state index in [2.05, 4.69) is 26.1 Å². The molecular weight excluding hydrogens is 236 g/mol. The Labute approximate surface area is 118 Å². The molecule has 0 heterocycles. The van der Waals surface area contributed by atoms with E-state index >= 15 is 0 Å². The van der Waals surface area contributed by atoms with Crippen LogP contribution in [0.15, 0.2) is 0 Å². The van der Waals surface area contributed by atoms with Crippen LogP contribution in [0.3, 0.4) is 0 Å². The quantitative estimate of drug-likeness (QED) is 0.745. The highest BCUT2D eigenvalue weighted by Crippen LogP contribution is 2.26. The molecule has 1 aliphatic rings. The van der Waals surface area contributed by atoms with Gasteiger partial charge in [-0.2, -0.15) is 0 Å². The van der Waals surface area contributed by atoms with Crippen LogP contribution in [0, 0.1) is 17.8 Å². The van der Waals surface area contributed by atoms with Crippen LogP contribution in [-0.2, 0) is 4.79 Å². The molecule has 0 spiro atoms. The van der Waals surface area contributed by atoms with Crippen molar-refractivity contribution in [2.75, 3.05) is 6.54 Å². The molecule has 19 heavy (non-hydrogen) atoms. The van der Waals surface area contributed by atoms with Crippen molar-refractivity contribution in [1.82, 2.24) is 5.32 Å². The minimum atomic E-state index is 0.189. The van der Waals surface area contributed by atoms with Gasteiger partial charge in [-0.3, -0.25) is 4.79 Å². The summed E-state index contributed by atoms with van der Waals surface area (Å²) in [4.78, 5) is 12.1. The van der Waals surface area contributed by atoms with Gasteiger partial charge in [0.05, 0.1) is 0 Å². The number of amides is 1. The molecule has 1 rings (SSSR count). The van der Waals surface area contributed by atoms with E-state index in [9.17, 15) is 4.79 Å². The highest BCUT2D eigenvalue weighted by atomic mass is 16.1. The summed E-state index contributed by atoms with van der Waals surface area (Å²) in [7, 11) is 0. The number of hydrogen-bond donors (Lipinski definition) is 2. The minimum absolute atomic E-state index is 0.189. The van der Waals surface area contributed by atoms with Gasteiger partial charge >= 0.3 is 0 Å². The van der Waals surface area contributed by atoms with Crippen LogP contribution in [0.25, 0.3) is 0 Å². The Balaban J connectivity index is 2.32. The van der Waals surface area contributed by atoms with Gasteiger partial charge < -0.3 is 11.1 Å². The zero-order chi connectivity index (χ0) is 14.3. The molecule has 0 radical (unpaired) electrons. The maximum absolute atomic E-state index is 12.1. The van der Waals surface area contributed by atoms with Crippen LogP contribution in [0.5, 0.6) is 0 Å². The second-order valence-corrected chi connectivity index (χ2v) is 6.69. The van der Waals surface area contributed by atoms with Crippen molar-refractivity contribution in [3.05, 3.63) is 0 Å². The lowest BCUT2D eigenvalue weighted by Crippen LogP contribution is -2.40. The first-order valence-corrected chi connectivity index (χ1v) is 8.02. The van der Waals surface area contributed by atoms with E-state index < -0.39 is 0 Å². The molecule has 2 unspecified atom stereocenters. The fourth-order valence-electron chi connectivity index (χ4n) is 3.26. The van der Waals surface area contributed by atoms with Crippen LogP contribution in [0.4, 0.5) is 0 Å². The third kappa shape index (κ3) is 6.42. The van der Waals surface area contributed by atoms with Gasteiger partial charge in [0.2, 0.25) is 5.91 Å². The molecule has 1 fully saturated rings. The van der Waals surface area contributed by atoms with Gasteiger partial charge in [-0.25, -0.2) is 0 Å². The van der Waals surface area contributed by atoms with E-state index in [0.29, 0.717) is 36.8 Å². The largest absolute Gasteiger partial charge is 0.353 e. The molecule has 0 bridgehead atoms. The monoisotopic (exact) mass is 268 g/mol. The lowest BCUT2D eigenvalue weighted by molar-refractivity contribution is -0.123. The van der Waals surface area contributed by atoms with Crippen molar-refractivity contribution in [2.45, 2.75) is 71.8 Å². The molecule has 0 aromatic rings. The van der Waals surface area contributed by atoms with Crippen LogP contribution < -0.4 is 11.1 Å². The summed E-state index contributed by atoms with van der Waals surface area (Å²) >= 11 is 0. The first kappa shape index (κ1) is 16.5. The van der Waals surface area contributed by atoms with Gasteiger partial charge in [-0.05, 0) is 50.5 Å². The van der Waals surface area contributed by atoms with Crippen molar-refractivity contribution >= 4 is 5.91 Å². The van der Waals surface area contributed by atoms with Crippen molar-refractivity contribution in [1.29, 1.82) is 0 Å². The average molecular weight is 268 g/mol. The summed E-state index contributed by atoms with van der Waals surface area (Å²) in [6.07, 6.45) is 8.18. The maximum Gasteiger partial charge on any atom is 0.220 e. The summed E-state index contributed by atoms with van der Waals surface area (Å²) < 4.78 is 0. The SMILES string of the molecule is CC(C)CC(CN)CC(=O)NC(C)C1CCCCC1. The lowest BCUT2D eigenvalue weighted by Gasteiger charge is -2.28. The molecule has 3 N–H and O–H groups in total. The first-order chi connectivity index (χ1) is 9.02. The summed E-state index contributed by atoms with van der Waals surface area (Å²) in [5.74, 6) is 1.81. The zero-order valence-electron chi connectivity index (χ0n) is 13.0. The van der Waals surface area contributed by atoms with Gasteiger partial charge in [0.15, 0.2) is 0 Å². The van der Waals surface area contributed by atoms with Crippen LogP contribution in [0.1, 0.15) is 65.7 Å². The second-order valence-electron chi connectivity index (χ2n) is 6.69. The normalized spacial score (nSPS) is 20.3. The van der Waals surface area contributed by atoms with E-state index in [0.717, 1.165) is 6.42 Å². The predicted octanol–water partition coefficient (Wildman–Crippen LogP) is 3.08. The van der Waals surface area contributed by atoms with E-state index in [-0.39, 0.29) is 5.91 Å². The fraction of sp³-hybridized carbons (Fsp3) is 0.938. The van der Waals surface area contributed by atoms with Gasteiger partial charge in [0, 0.05) is 12.5 Å². The fourth-order valence-corrected chi connectivity index (χ4v) is 3.26. The molecule has 1 aliphatic carbocycles. The molecule has 3 heteroatoms. The summed E-state index contributed by atoms with van der Waals surface area (Å²) in [5.41, 5.74) is 5.76. The highest BCUT2D eigenvalue weighted by Gasteiger charge is 2.22. The number of hydrogen-bond acceptors (Lipinski definition) is 2. The molecule has 3 nitrogen and oxygen atoms in total. The number of nitrogens with two attached hydrogens (primary N) is 1. The van der Waals surface area contributed by atoms with Gasteiger partial charge in [0.25, 0.3) is 0 Å². The zero-order valence-corrected chi connectivity index (χ0v) is 13.0. The molecule has 0 aromatic carbocycles. The van der Waals surface area contributed by atoms with Crippen molar-refractivity contribution in [3.63, 3.8) is 0 Å². The van der Waals surface area contributed by atoms with E-state index in [1.165, 1.54) is 32.1 Å². The van der Waals surface area contributed by atoms with Crippen molar-refractivity contribution in [2.24, 2.45) is 23.5 Å².